The Morgan fingerprint density at radius 3 is 2.19 bits per heavy atom. The van der Waals surface area contributed by atoms with Gasteiger partial charge in [0, 0.05) is 5.56 Å². The summed E-state index contributed by atoms with van der Waals surface area (Å²) in [5.41, 5.74) is 6.91. The van der Waals surface area contributed by atoms with Gasteiger partial charge in [-0.2, -0.15) is 0 Å². The van der Waals surface area contributed by atoms with Crippen LogP contribution in [-0.2, 0) is 6.54 Å². The highest BCUT2D eigenvalue weighted by Gasteiger charge is 2.13. The SMILES string of the molecule is COc1ccccc1NC(=NCc1ccccc1)c1c(C)cc(C)cc1C. The van der Waals surface area contributed by atoms with Crippen LogP contribution in [0, 0.1) is 20.8 Å². The second kappa shape index (κ2) is 8.54. The molecular weight excluding hydrogens is 332 g/mol. The molecule has 27 heavy (non-hydrogen) atoms. The van der Waals surface area contributed by atoms with Crippen LogP contribution >= 0.6 is 0 Å². The van der Waals surface area contributed by atoms with Crippen LogP contribution in [0.5, 0.6) is 5.75 Å². The van der Waals surface area contributed by atoms with E-state index >= 15 is 0 Å². The van der Waals surface area contributed by atoms with Gasteiger partial charge < -0.3 is 10.1 Å². The first kappa shape index (κ1) is 18.7. The largest absolute Gasteiger partial charge is 0.495 e. The van der Waals surface area contributed by atoms with E-state index in [1.807, 2.05) is 42.5 Å². The third kappa shape index (κ3) is 4.56. The van der Waals surface area contributed by atoms with Crippen molar-refractivity contribution in [2.75, 3.05) is 12.4 Å². The highest BCUT2D eigenvalue weighted by Crippen LogP contribution is 2.26. The summed E-state index contributed by atoms with van der Waals surface area (Å²) >= 11 is 0. The molecule has 3 nitrogen and oxygen atoms in total. The Hall–Kier alpha value is -3.07. The van der Waals surface area contributed by atoms with Crippen LogP contribution in [0.2, 0.25) is 0 Å². The van der Waals surface area contributed by atoms with Gasteiger partial charge >= 0.3 is 0 Å². The molecule has 0 spiro atoms. The van der Waals surface area contributed by atoms with Gasteiger partial charge in [0.05, 0.1) is 19.3 Å². The predicted octanol–water partition coefficient (Wildman–Crippen LogP) is 5.68. The van der Waals surface area contributed by atoms with Crippen LogP contribution in [0.3, 0.4) is 0 Å². The topological polar surface area (TPSA) is 33.6 Å². The zero-order valence-corrected chi connectivity index (χ0v) is 16.4. The third-order valence-electron chi connectivity index (χ3n) is 4.54. The van der Waals surface area contributed by atoms with Crippen molar-refractivity contribution in [3.05, 3.63) is 94.5 Å². The summed E-state index contributed by atoms with van der Waals surface area (Å²) in [4.78, 5) is 4.94. The van der Waals surface area contributed by atoms with Crippen molar-refractivity contribution in [3.63, 3.8) is 0 Å². The minimum absolute atomic E-state index is 0.616. The maximum atomic E-state index is 5.51. The van der Waals surface area contributed by atoms with Crippen molar-refractivity contribution >= 4 is 11.5 Å². The lowest BCUT2D eigenvalue weighted by molar-refractivity contribution is 0.417. The molecule has 138 valence electrons. The van der Waals surface area contributed by atoms with Crippen molar-refractivity contribution in [3.8, 4) is 5.75 Å². The first-order valence-corrected chi connectivity index (χ1v) is 9.15. The maximum absolute atomic E-state index is 5.51. The molecule has 0 unspecified atom stereocenters. The van der Waals surface area contributed by atoms with Crippen molar-refractivity contribution in [2.24, 2.45) is 4.99 Å². The van der Waals surface area contributed by atoms with Crippen molar-refractivity contribution in [2.45, 2.75) is 27.3 Å². The molecule has 0 atom stereocenters. The zero-order valence-electron chi connectivity index (χ0n) is 16.4. The number of nitrogens with zero attached hydrogens (tertiary/aromatic N) is 1. The van der Waals surface area contributed by atoms with E-state index in [4.69, 9.17) is 9.73 Å². The molecule has 0 saturated heterocycles. The fraction of sp³-hybridized carbons (Fsp3) is 0.208. The summed E-state index contributed by atoms with van der Waals surface area (Å²) in [7, 11) is 1.68. The lowest BCUT2D eigenvalue weighted by Gasteiger charge is -2.18. The fourth-order valence-electron chi connectivity index (χ4n) is 3.36. The first-order valence-electron chi connectivity index (χ1n) is 9.15. The van der Waals surface area contributed by atoms with Gasteiger partial charge in [-0.05, 0) is 49.6 Å². The van der Waals surface area contributed by atoms with Crippen LogP contribution < -0.4 is 10.1 Å². The van der Waals surface area contributed by atoms with Gasteiger partial charge in [0.15, 0.2) is 0 Å². The number of nitrogens with one attached hydrogen (secondary N) is 1. The smallest absolute Gasteiger partial charge is 0.142 e. The molecule has 0 aliphatic carbocycles. The summed E-state index contributed by atoms with van der Waals surface area (Å²) in [6.07, 6.45) is 0. The number of methoxy groups -OCH3 is 1. The summed E-state index contributed by atoms with van der Waals surface area (Å²) in [5.74, 6) is 1.66. The molecule has 0 fully saturated rings. The molecule has 1 N–H and O–H groups in total. The summed E-state index contributed by atoms with van der Waals surface area (Å²) in [6.45, 7) is 7.01. The monoisotopic (exact) mass is 358 g/mol. The molecule has 0 aromatic heterocycles. The van der Waals surface area contributed by atoms with Crippen LogP contribution in [0.15, 0.2) is 71.7 Å². The normalized spacial score (nSPS) is 11.3. The van der Waals surface area contributed by atoms with E-state index in [0.717, 1.165) is 22.8 Å². The quantitative estimate of drug-likeness (QED) is 0.470. The molecule has 0 aliphatic rings. The molecule has 3 aromatic carbocycles. The highest BCUT2D eigenvalue weighted by atomic mass is 16.5. The van der Waals surface area contributed by atoms with Crippen molar-refractivity contribution < 1.29 is 4.74 Å². The fourth-order valence-corrected chi connectivity index (χ4v) is 3.36. The summed E-state index contributed by atoms with van der Waals surface area (Å²) in [6, 6.07) is 22.6. The molecular formula is C24H26N2O. The van der Waals surface area contributed by atoms with Gasteiger partial charge in [-0.1, -0.05) is 60.2 Å². The number of hydrogen-bond donors (Lipinski definition) is 1. The summed E-state index contributed by atoms with van der Waals surface area (Å²) < 4.78 is 5.51. The molecule has 0 amide bonds. The van der Waals surface area contributed by atoms with Crippen molar-refractivity contribution in [1.82, 2.24) is 0 Å². The van der Waals surface area contributed by atoms with Gasteiger partial charge in [0.2, 0.25) is 0 Å². The Kier molecular flexibility index (Phi) is 5.92. The number of hydrogen-bond acceptors (Lipinski definition) is 2. The number of para-hydroxylation sites is 2. The number of anilines is 1. The number of aryl methyl sites for hydroxylation is 3. The average Bonchev–Trinajstić information content (AvgIpc) is 2.66. The Labute approximate surface area is 161 Å². The third-order valence-corrected chi connectivity index (χ3v) is 4.54. The molecule has 0 radical (unpaired) electrons. The molecule has 0 bridgehead atoms. The molecule has 0 aliphatic heterocycles. The van der Waals surface area contributed by atoms with E-state index in [-0.39, 0.29) is 0 Å². The number of aliphatic imine (C=N–C) groups is 1. The van der Waals surface area contributed by atoms with Gasteiger partial charge in [-0.3, -0.25) is 4.99 Å². The van der Waals surface area contributed by atoms with E-state index in [1.54, 1.807) is 7.11 Å². The number of amidine groups is 1. The highest BCUT2D eigenvalue weighted by molar-refractivity contribution is 6.10. The van der Waals surface area contributed by atoms with Crippen molar-refractivity contribution in [1.29, 1.82) is 0 Å². The number of rotatable bonds is 5. The van der Waals surface area contributed by atoms with Gasteiger partial charge in [0.1, 0.15) is 11.6 Å². The second-order valence-corrected chi connectivity index (χ2v) is 6.75. The van der Waals surface area contributed by atoms with E-state index in [2.05, 4.69) is 50.4 Å². The predicted molar refractivity (Wildman–Crippen MR) is 114 cm³/mol. The van der Waals surface area contributed by atoms with E-state index < -0.39 is 0 Å². The van der Waals surface area contributed by atoms with Crippen LogP contribution in [0.4, 0.5) is 5.69 Å². The van der Waals surface area contributed by atoms with Crippen LogP contribution in [-0.4, -0.2) is 12.9 Å². The molecule has 3 aromatic rings. The van der Waals surface area contributed by atoms with Crippen LogP contribution in [0.25, 0.3) is 0 Å². The average molecular weight is 358 g/mol. The second-order valence-electron chi connectivity index (χ2n) is 6.75. The zero-order chi connectivity index (χ0) is 19.2. The number of ether oxygens (including phenoxy) is 1. The molecule has 0 heterocycles. The first-order chi connectivity index (χ1) is 13.1. The lowest BCUT2D eigenvalue weighted by atomic mass is 9.98. The standard InChI is InChI=1S/C24H26N2O/c1-17-14-18(2)23(19(3)15-17)24(25-16-20-10-6-5-7-11-20)26-21-12-8-9-13-22(21)27-4/h5-15H,16H2,1-4H3,(H,25,26). The van der Waals surface area contributed by atoms with Gasteiger partial charge in [-0.25, -0.2) is 0 Å². The van der Waals surface area contributed by atoms with Gasteiger partial charge in [-0.15, -0.1) is 0 Å². The minimum atomic E-state index is 0.616. The van der Waals surface area contributed by atoms with E-state index in [1.165, 1.54) is 22.3 Å². The Morgan fingerprint density at radius 1 is 0.889 bits per heavy atom. The Morgan fingerprint density at radius 2 is 1.52 bits per heavy atom. The maximum Gasteiger partial charge on any atom is 0.142 e. The van der Waals surface area contributed by atoms with Gasteiger partial charge in [0.25, 0.3) is 0 Å². The molecule has 0 saturated carbocycles. The molecule has 3 rings (SSSR count). The summed E-state index contributed by atoms with van der Waals surface area (Å²) in [5, 5.41) is 3.51. The Balaban J connectivity index is 2.04. The number of benzene rings is 3. The lowest BCUT2D eigenvalue weighted by Crippen LogP contribution is -2.18. The minimum Gasteiger partial charge on any atom is -0.495 e. The van der Waals surface area contributed by atoms with E-state index in [0.29, 0.717) is 6.54 Å². The van der Waals surface area contributed by atoms with E-state index in [9.17, 15) is 0 Å². The van der Waals surface area contributed by atoms with Crippen LogP contribution in [0.1, 0.15) is 27.8 Å². The molecule has 3 heteroatoms. The Bertz CT molecular complexity index is 923.